The van der Waals surface area contributed by atoms with Gasteiger partial charge in [0.1, 0.15) is 24.0 Å². The number of nitrogens with one attached hydrogen (secondary N) is 1. The number of ether oxygens (including phenoxy) is 2. The number of piperidine rings is 1. The number of methoxy groups -OCH3 is 1. The van der Waals surface area contributed by atoms with Crippen molar-refractivity contribution in [2.45, 2.75) is 45.9 Å². The van der Waals surface area contributed by atoms with Crippen molar-refractivity contribution in [2.24, 2.45) is 11.3 Å². The van der Waals surface area contributed by atoms with Crippen LogP contribution in [0.1, 0.15) is 34.2 Å². The molecule has 7 nitrogen and oxygen atoms in total. The molecule has 8 heteroatoms. The second-order valence-corrected chi connectivity index (χ2v) is 11.0. The minimum Gasteiger partial charge on any atom is -0.488 e. The van der Waals surface area contributed by atoms with Crippen molar-refractivity contribution in [3.63, 3.8) is 0 Å². The fourth-order valence-electron chi connectivity index (χ4n) is 6.62. The lowest BCUT2D eigenvalue weighted by Crippen LogP contribution is -2.43. The molecule has 1 aliphatic carbocycles. The molecule has 1 unspecified atom stereocenters. The van der Waals surface area contributed by atoms with Crippen LogP contribution < -0.4 is 15.0 Å². The number of hydrogen-bond acceptors (Lipinski definition) is 6. The van der Waals surface area contributed by atoms with E-state index in [1.54, 1.807) is 7.11 Å². The van der Waals surface area contributed by atoms with Gasteiger partial charge in [0, 0.05) is 31.3 Å². The summed E-state index contributed by atoms with van der Waals surface area (Å²) in [4.78, 5) is 19.2. The van der Waals surface area contributed by atoms with Crippen LogP contribution in [0, 0.1) is 31.0 Å². The summed E-state index contributed by atoms with van der Waals surface area (Å²) in [5.41, 5.74) is 5.18. The highest BCUT2D eigenvalue weighted by Crippen LogP contribution is 2.62. The highest BCUT2D eigenvalue weighted by molar-refractivity contribution is 5.82. The highest BCUT2D eigenvalue weighted by atomic mass is 19.1. The summed E-state index contributed by atoms with van der Waals surface area (Å²) in [6.07, 6.45) is 1.35. The lowest BCUT2D eigenvalue weighted by atomic mass is 9.93. The average Bonchev–Trinajstić information content (AvgIpc) is 3.59. The van der Waals surface area contributed by atoms with Crippen LogP contribution in [-0.2, 0) is 29.1 Å². The van der Waals surface area contributed by atoms with E-state index in [0.29, 0.717) is 43.9 Å². The van der Waals surface area contributed by atoms with Gasteiger partial charge in [-0.2, -0.15) is 0 Å². The van der Waals surface area contributed by atoms with Crippen molar-refractivity contribution < 1.29 is 23.8 Å². The maximum atomic E-state index is 15.4. The number of carboxylic acids is 1. The topological polar surface area (TPSA) is 83.9 Å². The van der Waals surface area contributed by atoms with Crippen LogP contribution in [0.4, 0.5) is 10.2 Å². The van der Waals surface area contributed by atoms with E-state index in [1.165, 1.54) is 0 Å². The number of hydrogen-bond donors (Lipinski definition) is 2. The number of carboxylic acid groups (broad SMARTS) is 1. The first-order valence-corrected chi connectivity index (χ1v) is 13.5. The van der Waals surface area contributed by atoms with Crippen LogP contribution in [0.3, 0.4) is 0 Å². The Balaban J connectivity index is 1.30. The molecule has 3 aliphatic rings. The Hall–Kier alpha value is -3.49. The van der Waals surface area contributed by atoms with E-state index in [2.05, 4.69) is 10.2 Å². The SMILES string of the molecule is COC[C@H]1N(c2cccc(-c3cccc(C)c3OCc3cc(C)c4c(c3F)CCNC4)n2)CC2C[C@@]21C(=O)O. The zero-order valence-corrected chi connectivity index (χ0v) is 22.6. The number of aromatic nitrogens is 1. The first-order chi connectivity index (χ1) is 18.8. The minimum absolute atomic E-state index is 0.101. The van der Waals surface area contributed by atoms with Gasteiger partial charge in [-0.15, -0.1) is 0 Å². The number of para-hydroxylation sites is 1. The third-order valence-electron chi connectivity index (χ3n) is 8.78. The molecule has 0 radical (unpaired) electrons. The maximum Gasteiger partial charge on any atom is 0.312 e. The minimum atomic E-state index is -0.765. The van der Waals surface area contributed by atoms with Crippen molar-refractivity contribution in [1.82, 2.24) is 10.3 Å². The molecule has 2 aromatic carbocycles. The Morgan fingerprint density at radius 3 is 2.82 bits per heavy atom. The molecular weight excluding hydrogens is 497 g/mol. The van der Waals surface area contributed by atoms with Gasteiger partial charge >= 0.3 is 5.97 Å². The molecule has 0 amide bonds. The molecule has 2 aliphatic heterocycles. The number of anilines is 1. The molecule has 6 rings (SSSR count). The number of aliphatic carboxylic acids is 1. The van der Waals surface area contributed by atoms with E-state index in [-0.39, 0.29) is 24.4 Å². The first kappa shape index (κ1) is 25.8. The fourth-order valence-corrected chi connectivity index (χ4v) is 6.62. The van der Waals surface area contributed by atoms with Gasteiger partial charge < -0.3 is 24.8 Å². The summed E-state index contributed by atoms with van der Waals surface area (Å²) in [5, 5.41) is 13.3. The van der Waals surface area contributed by atoms with Crippen LogP contribution in [0.15, 0.2) is 42.5 Å². The second-order valence-electron chi connectivity index (χ2n) is 11.0. The molecule has 3 heterocycles. The van der Waals surface area contributed by atoms with E-state index in [1.807, 2.05) is 56.3 Å². The number of halogens is 1. The number of aryl methyl sites for hydroxylation is 2. The smallest absolute Gasteiger partial charge is 0.312 e. The standard InChI is InChI=1S/C31H34FN3O4/c1-18-6-4-7-23(29(18)39-16-20-12-19(2)24-14-33-11-10-22(24)28(20)32)25-8-5-9-27(34-25)35-15-21-13-31(21,30(36)37)26(35)17-38-3/h4-9,12,21,26,33H,10-11,13-17H2,1-3H3,(H,36,37)/t21?,26-,31-/m1/s1. The van der Waals surface area contributed by atoms with E-state index in [4.69, 9.17) is 14.5 Å². The van der Waals surface area contributed by atoms with Gasteiger partial charge in [-0.05, 0) is 85.7 Å². The van der Waals surface area contributed by atoms with E-state index < -0.39 is 11.4 Å². The van der Waals surface area contributed by atoms with Gasteiger partial charge in [-0.25, -0.2) is 9.37 Å². The Morgan fingerprint density at radius 1 is 1.21 bits per heavy atom. The number of benzene rings is 2. The summed E-state index contributed by atoms with van der Waals surface area (Å²) in [5.74, 6) is 0.558. The molecular formula is C31H34FN3O4. The van der Waals surface area contributed by atoms with Gasteiger partial charge in [-0.3, -0.25) is 4.79 Å². The summed E-state index contributed by atoms with van der Waals surface area (Å²) < 4.78 is 27.2. The van der Waals surface area contributed by atoms with Crippen LogP contribution >= 0.6 is 0 Å². The molecule has 2 fully saturated rings. The fraction of sp³-hybridized carbons (Fsp3) is 0.419. The van der Waals surface area contributed by atoms with Gasteiger partial charge in [0.25, 0.3) is 0 Å². The zero-order chi connectivity index (χ0) is 27.3. The summed E-state index contributed by atoms with van der Waals surface area (Å²) in [6.45, 7) is 6.55. The van der Waals surface area contributed by atoms with E-state index in [9.17, 15) is 9.90 Å². The van der Waals surface area contributed by atoms with Crippen molar-refractivity contribution in [3.8, 4) is 17.0 Å². The Kier molecular flexibility index (Phi) is 6.55. The average molecular weight is 532 g/mol. The number of rotatable bonds is 8. The quantitative estimate of drug-likeness (QED) is 0.438. The van der Waals surface area contributed by atoms with E-state index in [0.717, 1.165) is 45.9 Å². The van der Waals surface area contributed by atoms with Crippen molar-refractivity contribution in [2.75, 3.05) is 31.7 Å². The Labute approximate surface area is 228 Å². The van der Waals surface area contributed by atoms with Crippen LogP contribution in [0.25, 0.3) is 11.3 Å². The van der Waals surface area contributed by atoms with Gasteiger partial charge in [0.15, 0.2) is 0 Å². The van der Waals surface area contributed by atoms with Crippen molar-refractivity contribution >= 4 is 11.8 Å². The second kappa shape index (κ2) is 9.92. The molecule has 1 aromatic heterocycles. The van der Waals surface area contributed by atoms with Crippen molar-refractivity contribution in [3.05, 3.63) is 76.1 Å². The largest absolute Gasteiger partial charge is 0.488 e. The molecule has 3 atom stereocenters. The molecule has 204 valence electrons. The summed E-state index contributed by atoms with van der Waals surface area (Å²) in [7, 11) is 1.60. The Bertz CT molecular complexity index is 1440. The number of fused-ring (bicyclic) bond motifs is 2. The van der Waals surface area contributed by atoms with Crippen molar-refractivity contribution in [1.29, 1.82) is 0 Å². The summed E-state index contributed by atoms with van der Waals surface area (Å²) >= 11 is 0. The third kappa shape index (κ3) is 4.26. The predicted octanol–water partition coefficient (Wildman–Crippen LogP) is 4.66. The highest BCUT2D eigenvalue weighted by Gasteiger charge is 2.71. The molecule has 3 aromatic rings. The third-order valence-corrected chi connectivity index (χ3v) is 8.78. The Morgan fingerprint density at radius 2 is 2.03 bits per heavy atom. The number of carbonyl (C=O) groups is 1. The lowest BCUT2D eigenvalue weighted by molar-refractivity contribution is -0.144. The zero-order valence-electron chi connectivity index (χ0n) is 22.6. The monoisotopic (exact) mass is 531 g/mol. The molecule has 2 N–H and O–H groups in total. The predicted molar refractivity (Wildman–Crippen MR) is 146 cm³/mol. The normalized spacial score (nSPS) is 23.3. The van der Waals surface area contributed by atoms with Crippen LogP contribution in [0.2, 0.25) is 0 Å². The molecule has 0 bridgehead atoms. The lowest BCUT2D eigenvalue weighted by Gasteiger charge is -2.31. The number of nitrogens with zero attached hydrogens (tertiary/aromatic N) is 2. The van der Waals surface area contributed by atoms with Crippen LogP contribution in [0.5, 0.6) is 5.75 Å². The molecule has 1 saturated heterocycles. The summed E-state index contributed by atoms with van der Waals surface area (Å²) in [6, 6.07) is 13.3. The number of pyridine rings is 1. The molecule has 0 spiro atoms. The van der Waals surface area contributed by atoms with Crippen LogP contribution in [-0.4, -0.2) is 48.9 Å². The van der Waals surface area contributed by atoms with E-state index >= 15 is 4.39 Å². The van der Waals surface area contributed by atoms with Gasteiger partial charge in [0.05, 0.1) is 23.8 Å². The van der Waals surface area contributed by atoms with Gasteiger partial charge in [-0.1, -0.05) is 18.2 Å². The molecule has 39 heavy (non-hydrogen) atoms. The molecule has 1 saturated carbocycles. The van der Waals surface area contributed by atoms with Gasteiger partial charge in [0.2, 0.25) is 0 Å². The maximum absolute atomic E-state index is 15.4. The first-order valence-electron chi connectivity index (χ1n) is 13.5.